The molecule has 17 aromatic rings. The van der Waals surface area contributed by atoms with E-state index in [0.29, 0.717) is 0 Å². The van der Waals surface area contributed by atoms with Crippen molar-refractivity contribution >= 4 is 196 Å². The summed E-state index contributed by atoms with van der Waals surface area (Å²) in [6.45, 7) is -0.154. The largest absolute Gasteiger partial charge is 0.456 e. The van der Waals surface area contributed by atoms with Crippen LogP contribution in [0.5, 0.6) is 0 Å². The lowest BCUT2D eigenvalue weighted by molar-refractivity contribution is 0.668. The minimum absolute atomic E-state index is 0.154. The highest BCUT2D eigenvalue weighted by Crippen LogP contribution is 2.56. The third-order valence-corrected chi connectivity index (χ3v) is 20.6. The molecule has 4 nitrogen and oxygen atoms in total. The minimum Gasteiger partial charge on any atom is -0.456 e. The molecule has 2 aliphatic rings. The second-order valence-corrected chi connectivity index (χ2v) is 24.6. The van der Waals surface area contributed by atoms with Crippen LogP contribution in [0.15, 0.2) is 245 Å². The molecule has 0 radical (unpaired) electrons. The zero-order valence-electron chi connectivity index (χ0n) is 42.5. The zero-order chi connectivity index (χ0) is 51.9. The minimum atomic E-state index is -0.154. The predicted molar refractivity (Wildman–Crippen MR) is 345 cm³/mol. The third-order valence-electron chi connectivity index (χ3n) is 17.2. The van der Waals surface area contributed by atoms with Crippen LogP contribution in [0.4, 0.5) is 34.1 Å². The van der Waals surface area contributed by atoms with E-state index in [1.807, 2.05) is 34.0 Å². The normalized spacial score (nSPS) is 13.2. The first-order chi connectivity index (χ1) is 39.6. The fraction of sp³-hybridized carbons (Fsp3) is 0. The van der Waals surface area contributed by atoms with Crippen LogP contribution >= 0.6 is 34.0 Å². The van der Waals surface area contributed by atoms with E-state index >= 15 is 0 Å². The summed E-state index contributed by atoms with van der Waals surface area (Å²) >= 11 is 5.70. The highest BCUT2D eigenvalue weighted by Gasteiger charge is 2.46. The molecular formula is C72H39BN2O2S3. The van der Waals surface area contributed by atoms with E-state index in [0.717, 1.165) is 83.2 Å². The summed E-state index contributed by atoms with van der Waals surface area (Å²) in [5.41, 5.74) is 18.6. The number of anilines is 6. The number of para-hydroxylation sites is 2. The van der Waals surface area contributed by atoms with Crippen LogP contribution in [-0.4, -0.2) is 6.71 Å². The molecule has 0 N–H and O–H groups in total. The number of nitrogens with zero attached hydrogens (tertiary/aromatic N) is 2. The van der Waals surface area contributed by atoms with Gasteiger partial charge in [0.1, 0.15) is 22.3 Å². The van der Waals surface area contributed by atoms with Gasteiger partial charge in [-0.15, -0.1) is 34.0 Å². The fourth-order valence-corrected chi connectivity index (χ4v) is 17.3. The SMILES string of the molecule is c1ccc(-c2cc(N3c4cc5c(cc4B4c6cc7sc8ccccc8c7cc6N(c6cc(-c7ccccc7)cc7oc8ccccc8c67)c6c4c3cc3c6sc4ccccc43)sc3ccccc35)c3c(c2)oc2ccccc23)cc1. The molecule has 0 saturated carbocycles. The summed E-state index contributed by atoms with van der Waals surface area (Å²) in [5.74, 6) is 0. The van der Waals surface area contributed by atoms with Crippen molar-refractivity contribution in [3.63, 3.8) is 0 Å². The van der Waals surface area contributed by atoms with Crippen molar-refractivity contribution < 1.29 is 8.83 Å². The third kappa shape index (κ3) is 5.94. The summed E-state index contributed by atoms with van der Waals surface area (Å²) in [6.07, 6.45) is 0. The predicted octanol–water partition coefficient (Wildman–Crippen LogP) is 20.0. The number of hydrogen-bond acceptors (Lipinski definition) is 7. The lowest BCUT2D eigenvalue weighted by atomic mass is 9.33. The van der Waals surface area contributed by atoms with Crippen LogP contribution in [0.2, 0.25) is 0 Å². The average molecular weight is 1070 g/mol. The van der Waals surface area contributed by atoms with E-state index in [9.17, 15) is 0 Å². The van der Waals surface area contributed by atoms with Crippen LogP contribution in [-0.2, 0) is 0 Å². The first kappa shape index (κ1) is 43.5. The molecule has 0 spiro atoms. The number of benzene rings is 12. The van der Waals surface area contributed by atoms with Crippen molar-refractivity contribution in [3.8, 4) is 22.3 Å². The number of hydrogen-bond donors (Lipinski definition) is 0. The van der Waals surface area contributed by atoms with Crippen molar-refractivity contribution in [1.29, 1.82) is 0 Å². The number of furan rings is 2. The Morgan fingerprint density at radius 1 is 0.287 bits per heavy atom. The topological polar surface area (TPSA) is 32.8 Å². The maximum absolute atomic E-state index is 7.02. The first-order valence-corrected chi connectivity index (χ1v) is 29.6. The van der Waals surface area contributed by atoms with Gasteiger partial charge in [0.25, 0.3) is 6.71 Å². The highest BCUT2D eigenvalue weighted by atomic mass is 32.1. The van der Waals surface area contributed by atoms with Gasteiger partial charge in [0.05, 0.1) is 32.5 Å². The van der Waals surface area contributed by atoms with Crippen LogP contribution in [0, 0.1) is 0 Å². The molecular weight excluding hydrogens is 1030 g/mol. The van der Waals surface area contributed by atoms with Gasteiger partial charge >= 0.3 is 0 Å². The molecule has 0 aliphatic carbocycles. The molecule has 0 saturated heterocycles. The highest BCUT2D eigenvalue weighted by molar-refractivity contribution is 7.27. The Bertz CT molecular complexity index is 5520. The van der Waals surface area contributed by atoms with Crippen molar-refractivity contribution in [2.24, 2.45) is 0 Å². The Kier molecular flexibility index (Phi) is 8.76. The molecule has 0 unspecified atom stereocenters. The van der Waals surface area contributed by atoms with E-state index < -0.39 is 0 Å². The standard InChI is InChI=1S/C72H39BN2O2S3/c1-3-17-40(18-4-1)42-31-56(68-47-24-7-12-26-59(47)76-61(68)33-42)74-54-35-49-44-21-9-14-28-63(44)78-66(49)38-52(54)73-53-39-67-50(45-22-10-15-29-64(45)79-67)36-55(53)75(71-70(73)58(74)37-51-46-23-11-16-30-65(46)80-72(51)71)57-32-43(41-19-5-2-6-20-41)34-62-69(57)48-25-8-13-27-60(48)77-62/h1-39H. The Labute approximate surface area is 469 Å². The Hall–Kier alpha value is -9.44. The average Bonchev–Trinajstić information content (AvgIpc) is 4.50. The van der Waals surface area contributed by atoms with Gasteiger partial charge in [-0.3, -0.25) is 0 Å². The van der Waals surface area contributed by atoms with Crippen molar-refractivity contribution in [2.75, 3.05) is 9.80 Å². The Morgan fingerprint density at radius 2 is 0.713 bits per heavy atom. The van der Waals surface area contributed by atoms with Crippen molar-refractivity contribution in [2.45, 2.75) is 0 Å². The molecule has 0 fully saturated rings. The van der Waals surface area contributed by atoms with E-state index in [-0.39, 0.29) is 6.71 Å². The molecule has 0 bridgehead atoms. The molecule has 80 heavy (non-hydrogen) atoms. The van der Waals surface area contributed by atoms with Gasteiger partial charge in [-0.2, -0.15) is 0 Å². The zero-order valence-corrected chi connectivity index (χ0v) is 45.0. The molecule has 0 atom stereocenters. The van der Waals surface area contributed by atoms with Gasteiger partial charge in [-0.1, -0.05) is 152 Å². The summed E-state index contributed by atoms with van der Waals surface area (Å²) in [7, 11) is 0. The summed E-state index contributed by atoms with van der Waals surface area (Å²) < 4.78 is 21.7. The summed E-state index contributed by atoms with van der Waals surface area (Å²) in [5, 5.41) is 11.9. The molecule has 12 aromatic carbocycles. The Balaban J connectivity index is 1.04. The number of rotatable bonds is 4. The maximum Gasteiger partial charge on any atom is 0.252 e. The van der Waals surface area contributed by atoms with Gasteiger partial charge in [0, 0.05) is 83.7 Å². The molecule has 8 heteroatoms. The smallest absolute Gasteiger partial charge is 0.252 e. The Morgan fingerprint density at radius 3 is 1.25 bits per heavy atom. The summed E-state index contributed by atoms with van der Waals surface area (Å²) in [6, 6.07) is 87.8. The molecule has 0 amide bonds. The second kappa shape index (κ2) is 16.1. The van der Waals surface area contributed by atoms with Crippen LogP contribution < -0.4 is 26.2 Å². The molecule has 7 heterocycles. The van der Waals surface area contributed by atoms with Gasteiger partial charge in [0.15, 0.2) is 0 Å². The van der Waals surface area contributed by atoms with E-state index in [1.165, 1.54) is 94.0 Å². The van der Waals surface area contributed by atoms with Gasteiger partial charge in [0.2, 0.25) is 0 Å². The van der Waals surface area contributed by atoms with Gasteiger partial charge in [-0.25, -0.2) is 0 Å². The maximum atomic E-state index is 7.02. The van der Waals surface area contributed by atoms with Crippen LogP contribution in [0.3, 0.4) is 0 Å². The molecule has 5 aromatic heterocycles. The second-order valence-electron chi connectivity index (χ2n) is 21.4. The first-order valence-electron chi connectivity index (χ1n) is 27.2. The quantitative estimate of drug-likeness (QED) is 0.164. The number of thiophene rings is 3. The van der Waals surface area contributed by atoms with E-state index in [4.69, 9.17) is 8.83 Å². The summed E-state index contributed by atoms with van der Waals surface area (Å²) in [4.78, 5) is 5.32. The van der Waals surface area contributed by atoms with Crippen LogP contribution in [0.25, 0.3) is 127 Å². The lowest BCUT2D eigenvalue weighted by Crippen LogP contribution is -2.61. The van der Waals surface area contributed by atoms with Crippen LogP contribution in [0.1, 0.15) is 0 Å². The lowest BCUT2D eigenvalue weighted by Gasteiger charge is -2.44. The molecule has 2 aliphatic heterocycles. The fourth-order valence-electron chi connectivity index (χ4n) is 13.8. The van der Waals surface area contributed by atoms with Crippen molar-refractivity contribution in [3.05, 3.63) is 237 Å². The van der Waals surface area contributed by atoms with Gasteiger partial charge < -0.3 is 18.6 Å². The van der Waals surface area contributed by atoms with Crippen molar-refractivity contribution in [1.82, 2.24) is 0 Å². The molecule has 19 rings (SSSR count). The molecule has 370 valence electrons. The monoisotopic (exact) mass is 1070 g/mol. The van der Waals surface area contributed by atoms with E-state index in [1.54, 1.807) is 0 Å². The van der Waals surface area contributed by atoms with E-state index in [2.05, 4.69) is 246 Å². The van der Waals surface area contributed by atoms with Gasteiger partial charge in [-0.05, 0) is 124 Å². The number of fused-ring (bicyclic) bond motifs is 20.